The normalized spacial score (nSPS) is 14.0. The molecular formula is C12H13N5O3S. The Kier molecular flexibility index (Phi) is 3.57. The summed E-state index contributed by atoms with van der Waals surface area (Å²) in [6.45, 7) is 1.96. The molecule has 3 rings (SSSR count). The van der Waals surface area contributed by atoms with Gasteiger partial charge in [0.25, 0.3) is 0 Å². The van der Waals surface area contributed by atoms with Crippen molar-refractivity contribution >= 4 is 29.3 Å². The number of nitrogens with one attached hydrogen (secondary N) is 2. The molecule has 9 heteroatoms. The molecule has 2 aromatic rings. The zero-order chi connectivity index (χ0) is 14.8. The maximum Gasteiger partial charge on any atom is 0.237 e. The third kappa shape index (κ3) is 3.02. The van der Waals surface area contributed by atoms with E-state index in [0.717, 1.165) is 0 Å². The van der Waals surface area contributed by atoms with Crippen molar-refractivity contribution in [1.29, 1.82) is 0 Å². The van der Waals surface area contributed by atoms with Gasteiger partial charge in [0, 0.05) is 11.8 Å². The van der Waals surface area contributed by atoms with E-state index in [1.807, 2.05) is 0 Å². The smallest absolute Gasteiger partial charge is 0.237 e. The third-order valence-electron chi connectivity index (χ3n) is 2.77. The Bertz CT molecular complexity index is 675. The Morgan fingerprint density at radius 1 is 1.48 bits per heavy atom. The van der Waals surface area contributed by atoms with Gasteiger partial charge >= 0.3 is 0 Å². The van der Waals surface area contributed by atoms with Crippen LogP contribution in [0.2, 0.25) is 0 Å². The van der Waals surface area contributed by atoms with Gasteiger partial charge in [-0.15, -0.1) is 5.10 Å². The van der Waals surface area contributed by atoms with Crippen LogP contribution in [-0.2, 0) is 4.79 Å². The van der Waals surface area contributed by atoms with Gasteiger partial charge in [-0.2, -0.15) is 4.98 Å². The fourth-order valence-electron chi connectivity index (χ4n) is 1.74. The summed E-state index contributed by atoms with van der Waals surface area (Å²) in [6, 6.07) is 5.24. The molecule has 0 unspecified atom stereocenters. The highest BCUT2D eigenvalue weighted by molar-refractivity contribution is 8.00. The number of benzene rings is 1. The maximum absolute atomic E-state index is 12.1. The summed E-state index contributed by atoms with van der Waals surface area (Å²) >= 11 is 1.22. The first-order chi connectivity index (χ1) is 10.1. The first-order valence-corrected chi connectivity index (χ1v) is 7.05. The van der Waals surface area contributed by atoms with E-state index in [1.54, 1.807) is 25.1 Å². The molecule has 0 saturated heterocycles. The lowest BCUT2D eigenvalue weighted by atomic mass is 10.2. The van der Waals surface area contributed by atoms with Crippen molar-refractivity contribution in [2.75, 3.05) is 17.8 Å². The molecule has 110 valence electrons. The number of amides is 1. The molecule has 0 spiro atoms. The van der Waals surface area contributed by atoms with Crippen LogP contribution in [0, 0.1) is 0 Å². The molecule has 0 saturated carbocycles. The Hall–Kier alpha value is -2.42. The van der Waals surface area contributed by atoms with Gasteiger partial charge in [-0.25, -0.2) is 5.10 Å². The monoisotopic (exact) mass is 307 g/mol. The van der Waals surface area contributed by atoms with Gasteiger partial charge in [0.15, 0.2) is 11.5 Å². The number of hydrogen-bond acceptors (Lipinski definition) is 7. The number of hydrogen-bond donors (Lipinski definition) is 3. The van der Waals surface area contributed by atoms with Gasteiger partial charge in [0.05, 0.1) is 5.25 Å². The summed E-state index contributed by atoms with van der Waals surface area (Å²) in [5.41, 5.74) is 6.08. The summed E-state index contributed by atoms with van der Waals surface area (Å²) in [7, 11) is 0. The number of aromatic nitrogens is 3. The fourth-order valence-corrected chi connectivity index (χ4v) is 2.47. The minimum absolute atomic E-state index is 0.165. The van der Waals surface area contributed by atoms with Crippen LogP contribution in [0.3, 0.4) is 0 Å². The number of fused-ring (bicyclic) bond motifs is 1. The number of rotatable bonds is 4. The molecule has 0 fully saturated rings. The Morgan fingerprint density at radius 3 is 3.05 bits per heavy atom. The van der Waals surface area contributed by atoms with Crippen LogP contribution in [0.1, 0.15) is 6.92 Å². The number of nitrogens with zero attached hydrogens (tertiary/aromatic N) is 2. The van der Waals surface area contributed by atoms with Gasteiger partial charge in [-0.3, -0.25) is 4.79 Å². The lowest BCUT2D eigenvalue weighted by Gasteiger charge is -2.10. The zero-order valence-electron chi connectivity index (χ0n) is 11.1. The number of nitrogen functional groups attached to an aromatic ring is 1. The molecule has 1 aromatic heterocycles. The average Bonchev–Trinajstić information content (AvgIpc) is 3.07. The van der Waals surface area contributed by atoms with Crippen molar-refractivity contribution in [3.63, 3.8) is 0 Å². The first-order valence-electron chi connectivity index (χ1n) is 6.17. The van der Waals surface area contributed by atoms with Gasteiger partial charge in [-0.1, -0.05) is 11.8 Å². The van der Waals surface area contributed by atoms with E-state index in [9.17, 15) is 4.79 Å². The van der Waals surface area contributed by atoms with Crippen LogP contribution in [0.25, 0.3) is 0 Å². The molecule has 0 radical (unpaired) electrons. The number of ether oxygens (including phenoxy) is 2. The Morgan fingerprint density at radius 2 is 2.29 bits per heavy atom. The van der Waals surface area contributed by atoms with Gasteiger partial charge in [0.1, 0.15) is 0 Å². The van der Waals surface area contributed by atoms with Crippen LogP contribution >= 0.6 is 11.8 Å². The highest BCUT2D eigenvalue weighted by Gasteiger charge is 2.19. The number of aromatic amines is 1. The maximum atomic E-state index is 12.1. The summed E-state index contributed by atoms with van der Waals surface area (Å²) < 4.78 is 10.5. The second-order valence-corrected chi connectivity index (χ2v) is 5.63. The number of carbonyl (C=O) groups excluding carboxylic acids is 1. The van der Waals surface area contributed by atoms with Crippen molar-refractivity contribution in [2.24, 2.45) is 0 Å². The van der Waals surface area contributed by atoms with E-state index in [0.29, 0.717) is 22.3 Å². The zero-order valence-corrected chi connectivity index (χ0v) is 11.9. The second-order valence-electron chi connectivity index (χ2n) is 4.32. The van der Waals surface area contributed by atoms with E-state index in [1.165, 1.54) is 11.8 Å². The predicted molar refractivity (Wildman–Crippen MR) is 77.3 cm³/mol. The van der Waals surface area contributed by atoms with E-state index in [4.69, 9.17) is 15.2 Å². The Labute approximate surface area is 124 Å². The van der Waals surface area contributed by atoms with Crippen LogP contribution in [0.4, 0.5) is 11.6 Å². The predicted octanol–water partition coefficient (Wildman–Crippen LogP) is 1.23. The fraction of sp³-hybridized carbons (Fsp3) is 0.250. The van der Waals surface area contributed by atoms with Crippen molar-refractivity contribution < 1.29 is 14.3 Å². The van der Waals surface area contributed by atoms with Crippen LogP contribution in [0.15, 0.2) is 23.4 Å². The summed E-state index contributed by atoms with van der Waals surface area (Å²) in [5, 5.41) is 9.27. The number of nitrogens with two attached hydrogens (primary N) is 1. The van der Waals surface area contributed by atoms with Crippen LogP contribution < -0.4 is 20.5 Å². The van der Waals surface area contributed by atoms with Crippen molar-refractivity contribution in [1.82, 2.24) is 15.2 Å². The molecule has 0 aliphatic carbocycles. The van der Waals surface area contributed by atoms with Gasteiger partial charge < -0.3 is 20.5 Å². The molecule has 1 amide bonds. The number of carbonyl (C=O) groups is 1. The average molecular weight is 307 g/mol. The highest BCUT2D eigenvalue weighted by Crippen LogP contribution is 2.34. The molecule has 21 heavy (non-hydrogen) atoms. The lowest BCUT2D eigenvalue weighted by Crippen LogP contribution is -2.22. The Balaban J connectivity index is 1.63. The van der Waals surface area contributed by atoms with E-state index >= 15 is 0 Å². The topological polar surface area (TPSA) is 115 Å². The second kappa shape index (κ2) is 5.52. The quantitative estimate of drug-likeness (QED) is 0.728. The standard InChI is InChI=1S/C12H13N5O3S/c1-6(21-12-15-11(13)16-17-12)10(18)14-7-2-3-8-9(4-7)20-5-19-8/h2-4,6H,5H2,1H3,(H,14,18)(H3,13,15,16,17)/t6-/m0/s1. The minimum atomic E-state index is -0.370. The van der Waals surface area contributed by atoms with E-state index in [2.05, 4.69) is 20.5 Å². The first kappa shape index (κ1) is 13.6. The van der Waals surface area contributed by atoms with Crippen molar-refractivity contribution in [3.8, 4) is 11.5 Å². The van der Waals surface area contributed by atoms with Crippen molar-refractivity contribution in [3.05, 3.63) is 18.2 Å². The van der Waals surface area contributed by atoms with Crippen molar-refractivity contribution in [2.45, 2.75) is 17.3 Å². The molecule has 4 N–H and O–H groups in total. The molecule has 1 aliphatic rings. The summed E-state index contributed by atoms with van der Waals surface area (Å²) in [6.07, 6.45) is 0. The van der Waals surface area contributed by atoms with Crippen LogP contribution in [0.5, 0.6) is 11.5 Å². The molecular weight excluding hydrogens is 294 g/mol. The molecule has 1 atom stereocenters. The van der Waals surface area contributed by atoms with Gasteiger partial charge in [0.2, 0.25) is 23.8 Å². The SMILES string of the molecule is C[C@H](Sc1n[nH]c(N)n1)C(=O)Nc1ccc2c(c1)OCO2. The highest BCUT2D eigenvalue weighted by atomic mass is 32.2. The third-order valence-corrected chi connectivity index (χ3v) is 3.73. The molecule has 0 bridgehead atoms. The van der Waals surface area contributed by atoms with E-state index < -0.39 is 0 Å². The van der Waals surface area contributed by atoms with Gasteiger partial charge in [-0.05, 0) is 19.1 Å². The summed E-state index contributed by atoms with van der Waals surface area (Å²) in [5.74, 6) is 1.35. The summed E-state index contributed by atoms with van der Waals surface area (Å²) in [4.78, 5) is 16.1. The molecule has 8 nitrogen and oxygen atoms in total. The number of H-pyrrole nitrogens is 1. The number of anilines is 2. The molecule has 1 aliphatic heterocycles. The minimum Gasteiger partial charge on any atom is -0.454 e. The largest absolute Gasteiger partial charge is 0.454 e. The van der Waals surface area contributed by atoms with Crippen LogP contribution in [-0.4, -0.2) is 33.1 Å². The lowest BCUT2D eigenvalue weighted by molar-refractivity contribution is -0.115. The number of thioether (sulfide) groups is 1. The molecule has 2 heterocycles. The molecule has 1 aromatic carbocycles. The van der Waals surface area contributed by atoms with E-state index in [-0.39, 0.29) is 23.9 Å².